The van der Waals surface area contributed by atoms with Gasteiger partial charge in [0.1, 0.15) is 5.82 Å². The maximum atomic E-state index is 4.22. The summed E-state index contributed by atoms with van der Waals surface area (Å²) in [6, 6.07) is 6.53. The molecule has 1 aromatic carbocycles. The van der Waals surface area contributed by atoms with Gasteiger partial charge in [0.2, 0.25) is 0 Å². The highest BCUT2D eigenvalue weighted by molar-refractivity contribution is 5.57. The van der Waals surface area contributed by atoms with Crippen LogP contribution < -0.4 is 5.32 Å². The number of aromatic nitrogens is 2. The van der Waals surface area contributed by atoms with Gasteiger partial charge in [-0.2, -0.15) is 0 Å². The van der Waals surface area contributed by atoms with Crippen LogP contribution in [0.1, 0.15) is 36.5 Å². The first-order valence-electron chi connectivity index (χ1n) is 6.59. The number of nitrogens with one attached hydrogen (secondary N) is 2. The predicted molar refractivity (Wildman–Crippen MR) is 75.8 cm³/mol. The lowest BCUT2D eigenvalue weighted by Gasteiger charge is -2.14. The number of hydrogen-bond donors (Lipinski definition) is 2. The van der Waals surface area contributed by atoms with E-state index in [0.29, 0.717) is 0 Å². The van der Waals surface area contributed by atoms with Gasteiger partial charge in [-0.25, -0.2) is 4.98 Å². The van der Waals surface area contributed by atoms with Crippen molar-refractivity contribution >= 4 is 5.69 Å². The van der Waals surface area contributed by atoms with Crippen LogP contribution in [0.5, 0.6) is 0 Å². The van der Waals surface area contributed by atoms with E-state index >= 15 is 0 Å². The Morgan fingerprint density at radius 2 is 1.83 bits per heavy atom. The zero-order valence-electron chi connectivity index (χ0n) is 11.4. The van der Waals surface area contributed by atoms with Gasteiger partial charge in [0.15, 0.2) is 0 Å². The molecule has 1 heterocycles. The lowest BCUT2D eigenvalue weighted by Crippen LogP contribution is -2.05. The van der Waals surface area contributed by atoms with Crippen molar-refractivity contribution in [2.45, 2.75) is 40.2 Å². The van der Waals surface area contributed by atoms with E-state index in [2.05, 4.69) is 47.3 Å². The standard InChI is InChI=1S/C15H21N3/c1-4-12-7-6-8-13(5-2)15(12)17-10-14-9-16-11(3)18-14/h6-9,17H,4-5,10H2,1-3H3,(H,16,18). The molecule has 0 aliphatic heterocycles. The van der Waals surface area contributed by atoms with E-state index in [0.717, 1.165) is 30.9 Å². The van der Waals surface area contributed by atoms with Crippen LogP contribution in [0, 0.1) is 6.92 Å². The molecule has 0 saturated heterocycles. The summed E-state index contributed by atoms with van der Waals surface area (Å²) >= 11 is 0. The molecule has 0 aliphatic carbocycles. The number of rotatable bonds is 5. The summed E-state index contributed by atoms with van der Waals surface area (Å²) in [6.45, 7) is 7.16. The third-order valence-corrected chi connectivity index (χ3v) is 3.21. The van der Waals surface area contributed by atoms with E-state index in [-0.39, 0.29) is 0 Å². The summed E-state index contributed by atoms with van der Waals surface area (Å²) in [7, 11) is 0. The van der Waals surface area contributed by atoms with Gasteiger partial charge in [-0.05, 0) is 30.9 Å². The van der Waals surface area contributed by atoms with E-state index in [1.54, 1.807) is 0 Å². The summed E-state index contributed by atoms with van der Waals surface area (Å²) in [5, 5.41) is 3.54. The lowest BCUT2D eigenvalue weighted by atomic mass is 10.0. The van der Waals surface area contributed by atoms with Gasteiger partial charge in [0.05, 0.1) is 18.4 Å². The largest absolute Gasteiger partial charge is 0.379 e. The second-order valence-corrected chi connectivity index (χ2v) is 4.51. The second kappa shape index (κ2) is 5.71. The normalized spacial score (nSPS) is 10.6. The third-order valence-electron chi connectivity index (χ3n) is 3.21. The van der Waals surface area contributed by atoms with Gasteiger partial charge in [-0.15, -0.1) is 0 Å². The summed E-state index contributed by atoms with van der Waals surface area (Å²) in [6.07, 6.45) is 4.00. The fraction of sp³-hybridized carbons (Fsp3) is 0.400. The molecule has 2 rings (SSSR count). The first kappa shape index (κ1) is 12.7. The van der Waals surface area contributed by atoms with Crippen LogP contribution in [0.3, 0.4) is 0 Å². The van der Waals surface area contributed by atoms with Crippen LogP contribution in [-0.2, 0) is 19.4 Å². The highest BCUT2D eigenvalue weighted by Crippen LogP contribution is 2.23. The smallest absolute Gasteiger partial charge is 0.103 e. The highest BCUT2D eigenvalue weighted by atomic mass is 15.0. The number of benzene rings is 1. The van der Waals surface area contributed by atoms with Crippen molar-refractivity contribution in [1.82, 2.24) is 9.97 Å². The zero-order chi connectivity index (χ0) is 13.0. The van der Waals surface area contributed by atoms with Crippen LogP contribution in [-0.4, -0.2) is 9.97 Å². The fourth-order valence-corrected chi connectivity index (χ4v) is 2.21. The molecule has 3 heteroatoms. The number of hydrogen-bond acceptors (Lipinski definition) is 2. The molecule has 2 aromatic rings. The number of nitrogens with zero attached hydrogens (tertiary/aromatic N) is 1. The molecule has 0 aliphatic rings. The van der Waals surface area contributed by atoms with Gasteiger partial charge in [0, 0.05) is 5.69 Å². The Balaban J connectivity index is 2.17. The Labute approximate surface area is 109 Å². The van der Waals surface area contributed by atoms with Crippen LogP contribution in [0.15, 0.2) is 24.4 Å². The summed E-state index contributed by atoms with van der Waals surface area (Å²) in [5.74, 6) is 0.964. The van der Waals surface area contributed by atoms with Crippen molar-refractivity contribution in [3.8, 4) is 0 Å². The van der Waals surface area contributed by atoms with Gasteiger partial charge in [-0.1, -0.05) is 32.0 Å². The van der Waals surface area contributed by atoms with Crippen LogP contribution in [0.4, 0.5) is 5.69 Å². The van der Waals surface area contributed by atoms with E-state index in [4.69, 9.17) is 0 Å². The predicted octanol–water partition coefficient (Wildman–Crippen LogP) is 3.46. The number of H-pyrrole nitrogens is 1. The number of aromatic amines is 1. The molecule has 1 aromatic heterocycles. The molecule has 0 amide bonds. The van der Waals surface area contributed by atoms with Crippen molar-refractivity contribution in [3.05, 3.63) is 47.0 Å². The molecule has 0 radical (unpaired) electrons. The van der Waals surface area contributed by atoms with Crippen LogP contribution in [0.25, 0.3) is 0 Å². The topological polar surface area (TPSA) is 40.7 Å². The van der Waals surface area contributed by atoms with Crippen molar-refractivity contribution in [2.75, 3.05) is 5.32 Å². The highest BCUT2D eigenvalue weighted by Gasteiger charge is 2.06. The van der Waals surface area contributed by atoms with Gasteiger partial charge in [0.25, 0.3) is 0 Å². The van der Waals surface area contributed by atoms with E-state index in [1.807, 2.05) is 13.1 Å². The fourth-order valence-electron chi connectivity index (χ4n) is 2.21. The molecule has 2 N–H and O–H groups in total. The zero-order valence-corrected chi connectivity index (χ0v) is 11.4. The Morgan fingerprint density at radius 1 is 1.17 bits per heavy atom. The SMILES string of the molecule is CCc1cccc(CC)c1NCc1cnc(C)[nH]1. The lowest BCUT2D eigenvalue weighted by molar-refractivity contribution is 1.01. The molecule has 0 saturated carbocycles. The Kier molecular flexibility index (Phi) is 4.03. The second-order valence-electron chi connectivity index (χ2n) is 4.51. The van der Waals surface area contributed by atoms with Gasteiger partial charge in [-0.3, -0.25) is 0 Å². The summed E-state index contributed by atoms with van der Waals surface area (Å²) in [4.78, 5) is 7.47. The first-order chi connectivity index (χ1) is 8.74. The van der Waals surface area contributed by atoms with Gasteiger partial charge >= 0.3 is 0 Å². The minimum Gasteiger partial charge on any atom is -0.379 e. The molecular weight excluding hydrogens is 222 g/mol. The summed E-state index contributed by atoms with van der Waals surface area (Å²) < 4.78 is 0. The molecule has 0 atom stereocenters. The minimum absolute atomic E-state index is 0.796. The molecule has 0 unspecified atom stereocenters. The van der Waals surface area contributed by atoms with E-state index in [9.17, 15) is 0 Å². The molecule has 96 valence electrons. The van der Waals surface area contributed by atoms with Crippen molar-refractivity contribution in [1.29, 1.82) is 0 Å². The van der Waals surface area contributed by atoms with Gasteiger partial charge < -0.3 is 10.3 Å². The molecule has 18 heavy (non-hydrogen) atoms. The third kappa shape index (κ3) is 2.73. The van der Waals surface area contributed by atoms with Crippen LogP contribution in [0.2, 0.25) is 0 Å². The minimum atomic E-state index is 0.796. The van der Waals surface area contributed by atoms with Crippen molar-refractivity contribution in [2.24, 2.45) is 0 Å². The maximum Gasteiger partial charge on any atom is 0.103 e. The van der Waals surface area contributed by atoms with E-state index in [1.165, 1.54) is 16.8 Å². The average Bonchev–Trinajstić information content (AvgIpc) is 2.81. The average molecular weight is 243 g/mol. The quantitative estimate of drug-likeness (QED) is 0.844. The maximum absolute atomic E-state index is 4.22. The molecule has 0 spiro atoms. The summed E-state index contributed by atoms with van der Waals surface area (Å²) in [5.41, 5.74) is 5.17. The number of para-hydroxylation sites is 1. The number of anilines is 1. The Bertz CT molecular complexity index is 492. The van der Waals surface area contributed by atoms with E-state index < -0.39 is 0 Å². The molecule has 0 fully saturated rings. The molecule has 0 bridgehead atoms. The number of aryl methyl sites for hydroxylation is 3. The molecular formula is C15H21N3. The van der Waals surface area contributed by atoms with Crippen molar-refractivity contribution in [3.63, 3.8) is 0 Å². The van der Waals surface area contributed by atoms with Crippen molar-refractivity contribution < 1.29 is 0 Å². The van der Waals surface area contributed by atoms with Crippen LogP contribution >= 0.6 is 0 Å². The monoisotopic (exact) mass is 243 g/mol. The molecule has 3 nitrogen and oxygen atoms in total. The Hall–Kier alpha value is -1.77. The first-order valence-corrected chi connectivity index (χ1v) is 6.59. The Morgan fingerprint density at radius 3 is 2.33 bits per heavy atom. The number of imidazole rings is 1.